The lowest BCUT2D eigenvalue weighted by Crippen LogP contribution is -2.42. The lowest BCUT2D eigenvalue weighted by atomic mass is 9.91. The van der Waals surface area contributed by atoms with Crippen LogP contribution in [0.4, 0.5) is 11.6 Å². The molecule has 0 radical (unpaired) electrons. The number of benzene rings is 1. The highest BCUT2D eigenvalue weighted by molar-refractivity contribution is 5.99. The van der Waals surface area contributed by atoms with Gasteiger partial charge in [0.25, 0.3) is 5.91 Å². The number of likely N-dealkylation sites (N-methyl/N-ethyl adjacent to an activating group) is 1. The van der Waals surface area contributed by atoms with E-state index in [1.165, 1.54) is 17.8 Å². The number of carbonyl (C=O) groups excluding carboxylic acids is 2. The molecular formula is C33H41N7O2. The van der Waals surface area contributed by atoms with E-state index in [1.54, 1.807) is 18.2 Å². The number of carbonyl (C=O) groups is 2. The Morgan fingerprint density at radius 3 is 2.50 bits per heavy atom. The second-order valence-electron chi connectivity index (χ2n) is 11.0. The summed E-state index contributed by atoms with van der Waals surface area (Å²) in [6.07, 6.45) is 12.4. The highest BCUT2D eigenvalue weighted by Crippen LogP contribution is 2.28. The summed E-state index contributed by atoms with van der Waals surface area (Å²) in [6, 6.07) is 11.8. The Kier molecular flexibility index (Phi) is 10.6. The summed E-state index contributed by atoms with van der Waals surface area (Å²) in [5.41, 5.74) is 6.23. The monoisotopic (exact) mass is 567 g/mol. The first-order valence-corrected chi connectivity index (χ1v) is 14.5. The second kappa shape index (κ2) is 14.5. The van der Waals surface area contributed by atoms with E-state index in [-0.39, 0.29) is 23.9 Å². The minimum Gasteiger partial charge on any atom is -0.351 e. The predicted molar refractivity (Wildman–Crippen MR) is 168 cm³/mol. The second-order valence-corrected chi connectivity index (χ2v) is 11.0. The normalized spacial score (nSPS) is 17.3. The van der Waals surface area contributed by atoms with Crippen molar-refractivity contribution in [3.8, 4) is 0 Å². The number of aryl methyl sites for hydroxylation is 2. The fourth-order valence-electron chi connectivity index (χ4n) is 5.13. The van der Waals surface area contributed by atoms with Crippen LogP contribution in [0.5, 0.6) is 0 Å². The van der Waals surface area contributed by atoms with E-state index < -0.39 is 0 Å². The van der Waals surface area contributed by atoms with Gasteiger partial charge in [-0.2, -0.15) is 0 Å². The van der Waals surface area contributed by atoms with Gasteiger partial charge in [0.15, 0.2) is 0 Å². The van der Waals surface area contributed by atoms with Crippen LogP contribution in [0.1, 0.15) is 65.5 Å². The van der Waals surface area contributed by atoms with Crippen molar-refractivity contribution in [3.63, 3.8) is 0 Å². The van der Waals surface area contributed by atoms with Crippen LogP contribution in [-0.2, 0) is 4.79 Å². The van der Waals surface area contributed by atoms with Crippen molar-refractivity contribution in [3.05, 3.63) is 95.1 Å². The van der Waals surface area contributed by atoms with Gasteiger partial charge in [0.2, 0.25) is 11.9 Å². The molecule has 0 unspecified atom stereocenters. The molecule has 220 valence electrons. The molecule has 9 heteroatoms. The molecule has 2 atom stereocenters. The van der Waals surface area contributed by atoms with Crippen molar-refractivity contribution in [2.75, 3.05) is 31.3 Å². The largest absolute Gasteiger partial charge is 0.351 e. The van der Waals surface area contributed by atoms with Gasteiger partial charge in [-0.15, -0.1) is 0 Å². The molecule has 3 aromatic rings. The number of aromatic nitrogens is 3. The first kappa shape index (κ1) is 30.6. The fraction of sp³-hybridized carbons (Fsp3) is 0.364. The van der Waals surface area contributed by atoms with Crippen LogP contribution in [0.3, 0.4) is 0 Å². The Morgan fingerprint density at radius 1 is 1.00 bits per heavy atom. The van der Waals surface area contributed by atoms with Gasteiger partial charge >= 0.3 is 0 Å². The molecule has 4 rings (SSSR count). The van der Waals surface area contributed by atoms with E-state index in [0.717, 1.165) is 48.1 Å². The molecule has 1 aromatic carbocycles. The van der Waals surface area contributed by atoms with Crippen LogP contribution in [0, 0.1) is 13.8 Å². The summed E-state index contributed by atoms with van der Waals surface area (Å²) < 4.78 is 0. The number of pyridine rings is 1. The third kappa shape index (κ3) is 8.33. The Morgan fingerprint density at radius 2 is 1.79 bits per heavy atom. The average molecular weight is 568 g/mol. The highest BCUT2D eigenvalue weighted by atomic mass is 16.2. The van der Waals surface area contributed by atoms with Gasteiger partial charge in [-0.1, -0.05) is 36.4 Å². The van der Waals surface area contributed by atoms with Gasteiger partial charge in [0.05, 0.1) is 17.6 Å². The maximum Gasteiger partial charge on any atom is 0.270 e. The number of hydrogen-bond acceptors (Lipinski definition) is 7. The summed E-state index contributed by atoms with van der Waals surface area (Å²) in [6.45, 7) is 6.85. The number of amides is 2. The molecule has 0 saturated heterocycles. The molecule has 3 N–H and O–H groups in total. The molecule has 9 nitrogen and oxygen atoms in total. The van der Waals surface area contributed by atoms with Crippen LogP contribution in [0.25, 0.3) is 5.57 Å². The smallest absolute Gasteiger partial charge is 0.270 e. The summed E-state index contributed by atoms with van der Waals surface area (Å²) in [4.78, 5) is 40.7. The van der Waals surface area contributed by atoms with Crippen molar-refractivity contribution < 1.29 is 9.59 Å². The topological polar surface area (TPSA) is 112 Å². The van der Waals surface area contributed by atoms with Gasteiger partial charge in [0.1, 0.15) is 5.69 Å². The van der Waals surface area contributed by atoms with Crippen LogP contribution in [-0.4, -0.2) is 64.4 Å². The quantitative estimate of drug-likeness (QED) is 0.291. The zero-order chi connectivity index (χ0) is 30.1. The van der Waals surface area contributed by atoms with Crippen molar-refractivity contribution in [2.24, 2.45) is 0 Å². The fourth-order valence-corrected chi connectivity index (χ4v) is 5.13. The van der Waals surface area contributed by atoms with Crippen molar-refractivity contribution >= 4 is 29.0 Å². The van der Waals surface area contributed by atoms with Crippen molar-refractivity contribution in [1.82, 2.24) is 25.2 Å². The SMILES string of the molecule is C/C=C(\c1ccccc1C)c1nc(N[C@@H]2CCC[C@H](NC(=O)c3ccc(NC(=O)/C=C/CN(C)C)cn3)C2)ncc1C. The number of rotatable bonds is 10. The van der Waals surface area contributed by atoms with Crippen LogP contribution < -0.4 is 16.0 Å². The summed E-state index contributed by atoms with van der Waals surface area (Å²) in [7, 11) is 3.86. The molecule has 1 aliphatic carbocycles. The molecule has 1 saturated carbocycles. The highest BCUT2D eigenvalue weighted by Gasteiger charge is 2.25. The maximum atomic E-state index is 12.9. The lowest BCUT2D eigenvalue weighted by Gasteiger charge is -2.30. The Hall–Kier alpha value is -4.37. The Balaban J connectivity index is 1.35. The van der Waals surface area contributed by atoms with Gasteiger partial charge < -0.3 is 20.9 Å². The maximum absolute atomic E-state index is 12.9. The molecule has 1 fully saturated rings. The standard InChI is InChI=1S/C33H41N7O2/c1-6-27(28-14-8-7-11-22(28)2)31-23(3)20-35-33(39-31)38-25-13-9-12-24(19-25)37-32(42)29-17-16-26(21-34-29)36-30(41)15-10-18-40(4)5/h6-8,10-11,14-17,20-21,24-25H,9,12-13,18-19H2,1-5H3,(H,36,41)(H,37,42)(H,35,38,39)/b15-10+,27-6+/t24-,25+/m0/s1. The van der Waals surface area contributed by atoms with Gasteiger partial charge in [-0.25, -0.2) is 15.0 Å². The van der Waals surface area contributed by atoms with E-state index in [1.807, 2.05) is 51.2 Å². The molecule has 1 aliphatic rings. The van der Waals surface area contributed by atoms with Crippen LogP contribution >= 0.6 is 0 Å². The molecular weight excluding hydrogens is 526 g/mol. The predicted octanol–water partition coefficient (Wildman–Crippen LogP) is 5.15. The van der Waals surface area contributed by atoms with E-state index in [9.17, 15) is 9.59 Å². The molecule has 0 aliphatic heterocycles. The molecule has 0 bridgehead atoms. The molecule has 42 heavy (non-hydrogen) atoms. The number of nitrogens with zero attached hydrogens (tertiary/aromatic N) is 4. The molecule has 2 heterocycles. The summed E-state index contributed by atoms with van der Waals surface area (Å²) >= 11 is 0. The number of allylic oxidation sites excluding steroid dienone is 1. The van der Waals surface area contributed by atoms with Gasteiger partial charge in [-0.05, 0) is 89.4 Å². The van der Waals surface area contributed by atoms with E-state index in [2.05, 4.69) is 51.1 Å². The third-order valence-electron chi connectivity index (χ3n) is 7.30. The first-order valence-electron chi connectivity index (χ1n) is 14.5. The lowest BCUT2D eigenvalue weighted by molar-refractivity contribution is -0.111. The first-order chi connectivity index (χ1) is 20.2. The van der Waals surface area contributed by atoms with Crippen molar-refractivity contribution in [1.29, 1.82) is 0 Å². The van der Waals surface area contributed by atoms with Crippen molar-refractivity contribution in [2.45, 2.75) is 58.5 Å². The minimum atomic E-state index is -0.238. The molecule has 2 aromatic heterocycles. The number of hydrogen-bond donors (Lipinski definition) is 3. The zero-order valence-corrected chi connectivity index (χ0v) is 25.1. The summed E-state index contributed by atoms with van der Waals surface area (Å²) in [5, 5.41) is 9.41. The summed E-state index contributed by atoms with van der Waals surface area (Å²) in [5.74, 6) is 0.129. The van der Waals surface area contributed by atoms with Gasteiger partial charge in [0, 0.05) is 36.5 Å². The third-order valence-corrected chi connectivity index (χ3v) is 7.30. The number of nitrogens with one attached hydrogen (secondary N) is 3. The van der Waals surface area contributed by atoms with E-state index in [4.69, 9.17) is 4.98 Å². The Bertz CT molecular complexity index is 1450. The minimum absolute atomic E-state index is 0.00903. The Labute approximate surface area is 248 Å². The van der Waals surface area contributed by atoms with Gasteiger partial charge in [-0.3, -0.25) is 9.59 Å². The zero-order valence-electron chi connectivity index (χ0n) is 25.1. The van der Waals surface area contributed by atoms with Crippen LogP contribution in [0.2, 0.25) is 0 Å². The average Bonchev–Trinajstić information content (AvgIpc) is 2.96. The number of anilines is 2. The van der Waals surface area contributed by atoms with Crippen LogP contribution in [0.15, 0.2) is 67.0 Å². The van der Waals surface area contributed by atoms with E-state index >= 15 is 0 Å². The van der Waals surface area contributed by atoms with E-state index in [0.29, 0.717) is 23.9 Å². The molecule has 2 amide bonds. The molecule has 0 spiro atoms.